The predicted molar refractivity (Wildman–Crippen MR) is 149 cm³/mol. The van der Waals surface area contributed by atoms with Gasteiger partial charge in [-0.25, -0.2) is 4.79 Å². The number of anilines is 1. The van der Waals surface area contributed by atoms with Gasteiger partial charge in [-0.05, 0) is 86.0 Å². The van der Waals surface area contributed by atoms with Crippen LogP contribution < -0.4 is 24.5 Å². The summed E-state index contributed by atoms with van der Waals surface area (Å²) in [6, 6.07) is 12.5. The van der Waals surface area contributed by atoms with E-state index in [-0.39, 0.29) is 23.4 Å². The number of rotatable bonds is 7. The van der Waals surface area contributed by atoms with Gasteiger partial charge in [0.2, 0.25) is 11.5 Å². The molecule has 1 unspecified atom stereocenters. The third-order valence-electron chi connectivity index (χ3n) is 7.15. The first-order valence-electron chi connectivity index (χ1n) is 12.7. The summed E-state index contributed by atoms with van der Waals surface area (Å²) in [5, 5.41) is 0.381. The maximum atomic E-state index is 14.1. The van der Waals surface area contributed by atoms with E-state index >= 15 is 0 Å². The molecule has 1 aliphatic rings. The van der Waals surface area contributed by atoms with Crippen LogP contribution in [0.4, 0.5) is 5.69 Å². The number of carbonyl (C=O) groups is 2. The number of fused-ring (bicyclic) bond motifs is 2. The smallest absolute Gasteiger partial charge is 0.338 e. The number of methoxy groups -OCH3 is 3. The lowest BCUT2D eigenvalue weighted by Crippen LogP contribution is -2.29. The number of hydrogen-bond donors (Lipinski definition) is 0. The minimum atomic E-state index is -0.882. The van der Waals surface area contributed by atoms with E-state index in [2.05, 4.69) is 0 Å². The molecule has 5 rings (SSSR count). The van der Waals surface area contributed by atoms with E-state index in [0.29, 0.717) is 45.0 Å². The Labute approximate surface area is 230 Å². The summed E-state index contributed by atoms with van der Waals surface area (Å²) in [4.78, 5) is 41.8. The molecule has 1 atom stereocenters. The summed E-state index contributed by atoms with van der Waals surface area (Å²) in [5.41, 5.74) is 3.44. The lowest BCUT2D eigenvalue weighted by molar-refractivity contribution is 0.0526. The Morgan fingerprint density at radius 3 is 2.10 bits per heavy atom. The van der Waals surface area contributed by atoms with Gasteiger partial charge in [0.05, 0.1) is 50.5 Å². The molecular formula is C31H29NO8. The van der Waals surface area contributed by atoms with Crippen LogP contribution in [0.25, 0.3) is 11.0 Å². The Morgan fingerprint density at radius 1 is 0.900 bits per heavy atom. The molecule has 4 aromatic rings. The quantitative estimate of drug-likeness (QED) is 0.287. The van der Waals surface area contributed by atoms with Crippen LogP contribution in [0.1, 0.15) is 56.1 Å². The summed E-state index contributed by atoms with van der Waals surface area (Å²) in [6.45, 7) is 5.80. The van der Waals surface area contributed by atoms with E-state index in [1.165, 1.54) is 26.2 Å². The second kappa shape index (κ2) is 10.4. The van der Waals surface area contributed by atoms with Crippen molar-refractivity contribution in [2.24, 2.45) is 0 Å². The first-order chi connectivity index (χ1) is 19.2. The number of carbonyl (C=O) groups excluding carboxylic acids is 2. The third-order valence-corrected chi connectivity index (χ3v) is 7.15. The molecule has 0 saturated carbocycles. The fourth-order valence-corrected chi connectivity index (χ4v) is 5.04. The van der Waals surface area contributed by atoms with Crippen molar-refractivity contribution in [1.29, 1.82) is 0 Å². The van der Waals surface area contributed by atoms with E-state index in [9.17, 15) is 14.4 Å². The molecule has 3 aromatic carbocycles. The third kappa shape index (κ3) is 4.23. The number of esters is 1. The van der Waals surface area contributed by atoms with E-state index in [1.54, 1.807) is 55.5 Å². The molecule has 1 aliphatic heterocycles. The van der Waals surface area contributed by atoms with E-state index in [0.717, 1.165) is 11.1 Å². The molecule has 40 heavy (non-hydrogen) atoms. The molecule has 0 spiro atoms. The van der Waals surface area contributed by atoms with Gasteiger partial charge < -0.3 is 23.4 Å². The van der Waals surface area contributed by atoms with Crippen LogP contribution in [0.2, 0.25) is 0 Å². The van der Waals surface area contributed by atoms with Crippen LogP contribution in [0.15, 0.2) is 57.7 Å². The van der Waals surface area contributed by atoms with Crippen molar-refractivity contribution in [3.05, 3.63) is 92.3 Å². The van der Waals surface area contributed by atoms with Crippen molar-refractivity contribution >= 4 is 28.5 Å². The molecule has 0 radical (unpaired) electrons. The van der Waals surface area contributed by atoms with Gasteiger partial charge in [0, 0.05) is 5.69 Å². The zero-order valence-corrected chi connectivity index (χ0v) is 23.1. The fraction of sp³-hybridized carbons (Fsp3) is 0.258. The molecule has 0 N–H and O–H groups in total. The SMILES string of the molecule is CCOC(=O)c1ccc(N2C(=O)c3oc4cc(C)c(C)cc4c(=O)c3C2c2cc(OC)c(OC)c(OC)c2)cc1. The number of amides is 1. The highest BCUT2D eigenvalue weighted by Crippen LogP contribution is 2.46. The van der Waals surface area contributed by atoms with Crippen molar-refractivity contribution in [2.75, 3.05) is 32.8 Å². The molecule has 2 heterocycles. The largest absolute Gasteiger partial charge is 0.493 e. The fourth-order valence-electron chi connectivity index (χ4n) is 5.04. The summed E-state index contributed by atoms with van der Waals surface area (Å²) in [6.07, 6.45) is 0. The van der Waals surface area contributed by atoms with Crippen LogP contribution in [0.5, 0.6) is 17.2 Å². The highest BCUT2D eigenvalue weighted by atomic mass is 16.5. The van der Waals surface area contributed by atoms with Crippen LogP contribution in [-0.2, 0) is 4.74 Å². The van der Waals surface area contributed by atoms with Gasteiger partial charge in [-0.3, -0.25) is 14.5 Å². The van der Waals surface area contributed by atoms with E-state index in [4.69, 9.17) is 23.4 Å². The number of benzene rings is 3. The first kappa shape index (κ1) is 26.8. The summed E-state index contributed by atoms with van der Waals surface area (Å²) in [7, 11) is 4.48. The summed E-state index contributed by atoms with van der Waals surface area (Å²) in [5.74, 6) is 0.100. The molecule has 0 fully saturated rings. The van der Waals surface area contributed by atoms with Crippen molar-refractivity contribution in [1.82, 2.24) is 0 Å². The minimum Gasteiger partial charge on any atom is -0.493 e. The second-order valence-electron chi connectivity index (χ2n) is 9.41. The predicted octanol–water partition coefficient (Wildman–Crippen LogP) is 5.36. The number of hydrogen-bond acceptors (Lipinski definition) is 8. The van der Waals surface area contributed by atoms with Crippen LogP contribution in [-0.4, -0.2) is 39.8 Å². The van der Waals surface area contributed by atoms with Gasteiger partial charge in [-0.15, -0.1) is 0 Å². The molecule has 9 nitrogen and oxygen atoms in total. The van der Waals surface area contributed by atoms with Gasteiger partial charge in [-0.1, -0.05) is 0 Å². The van der Waals surface area contributed by atoms with Gasteiger partial charge in [0.1, 0.15) is 5.58 Å². The monoisotopic (exact) mass is 543 g/mol. The molecule has 0 aliphatic carbocycles. The highest BCUT2D eigenvalue weighted by Gasteiger charge is 2.44. The van der Waals surface area contributed by atoms with E-state index in [1.807, 2.05) is 13.8 Å². The average molecular weight is 544 g/mol. The van der Waals surface area contributed by atoms with E-state index < -0.39 is 17.9 Å². The van der Waals surface area contributed by atoms with Crippen molar-refractivity contribution in [3.8, 4) is 17.2 Å². The number of aryl methyl sites for hydroxylation is 2. The standard InChI is InChI=1S/C31H29NO8/c1-7-39-31(35)18-8-10-20(11-9-18)32-26(19-14-23(36-4)28(38-6)24(15-19)37-5)25-27(33)21-12-16(2)17(3)13-22(21)40-29(25)30(32)34/h8-15,26H,7H2,1-6H3. The Balaban J connectivity index is 1.78. The average Bonchev–Trinajstić information content (AvgIpc) is 3.25. The van der Waals surface area contributed by atoms with Crippen LogP contribution in [0, 0.1) is 13.8 Å². The summed E-state index contributed by atoms with van der Waals surface area (Å²) >= 11 is 0. The van der Waals surface area contributed by atoms with Crippen molar-refractivity contribution in [3.63, 3.8) is 0 Å². The number of ether oxygens (including phenoxy) is 4. The zero-order valence-electron chi connectivity index (χ0n) is 23.1. The normalized spacial score (nSPS) is 14.3. The topological polar surface area (TPSA) is 105 Å². The number of nitrogens with zero attached hydrogens (tertiary/aromatic N) is 1. The first-order valence-corrected chi connectivity index (χ1v) is 12.7. The van der Waals surface area contributed by atoms with Crippen molar-refractivity contribution in [2.45, 2.75) is 26.8 Å². The van der Waals surface area contributed by atoms with Crippen molar-refractivity contribution < 1.29 is 33.0 Å². The maximum absolute atomic E-state index is 14.1. The van der Waals surface area contributed by atoms with Gasteiger partial charge in [0.25, 0.3) is 5.91 Å². The highest BCUT2D eigenvalue weighted by molar-refractivity contribution is 6.11. The Bertz CT molecular complexity index is 1680. The lowest BCUT2D eigenvalue weighted by Gasteiger charge is -2.26. The molecule has 0 saturated heterocycles. The lowest BCUT2D eigenvalue weighted by atomic mass is 9.96. The van der Waals surface area contributed by atoms with Crippen LogP contribution in [0.3, 0.4) is 0 Å². The van der Waals surface area contributed by atoms with Crippen LogP contribution >= 0.6 is 0 Å². The van der Waals surface area contributed by atoms with Gasteiger partial charge in [0.15, 0.2) is 16.9 Å². The van der Waals surface area contributed by atoms with Gasteiger partial charge in [-0.2, -0.15) is 0 Å². The Morgan fingerprint density at radius 2 is 1.52 bits per heavy atom. The molecule has 206 valence electrons. The summed E-state index contributed by atoms with van der Waals surface area (Å²) < 4.78 is 27.8. The Hall–Kier alpha value is -4.79. The van der Waals surface area contributed by atoms with Gasteiger partial charge >= 0.3 is 5.97 Å². The molecule has 9 heteroatoms. The maximum Gasteiger partial charge on any atom is 0.338 e. The molecule has 1 amide bonds. The molecule has 0 bridgehead atoms. The Kier molecular flexibility index (Phi) is 6.97. The molecular weight excluding hydrogens is 514 g/mol. The minimum absolute atomic E-state index is 0.0472. The zero-order chi connectivity index (χ0) is 28.7. The molecule has 1 aromatic heterocycles. The second-order valence-corrected chi connectivity index (χ2v) is 9.41.